The first-order valence-electron chi connectivity index (χ1n) is 9.20. The van der Waals surface area contributed by atoms with Gasteiger partial charge in [0.15, 0.2) is 0 Å². The fourth-order valence-corrected chi connectivity index (χ4v) is 5.35. The Morgan fingerprint density at radius 3 is 2.77 bits per heavy atom. The largest absolute Gasteiger partial charge is 0.368 e. The van der Waals surface area contributed by atoms with E-state index in [4.69, 9.17) is 5.73 Å². The number of imidazole rings is 1. The number of carbonyl (C=O) groups excluding carboxylic acids is 2. The van der Waals surface area contributed by atoms with Crippen molar-refractivity contribution < 1.29 is 9.59 Å². The number of carbonyl (C=O) groups is 2. The molecule has 2 N–H and O–H groups in total. The van der Waals surface area contributed by atoms with Crippen LogP contribution in [0, 0.1) is 10.8 Å². The van der Waals surface area contributed by atoms with Gasteiger partial charge in [0.1, 0.15) is 6.54 Å². The van der Waals surface area contributed by atoms with Crippen molar-refractivity contribution in [3.05, 3.63) is 30.1 Å². The molecule has 2 atom stereocenters. The van der Waals surface area contributed by atoms with Crippen LogP contribution in [0.3, 0.4) is 0 Å². The van der Waals surface area contributed by atoms with E-state index in [1.165, 1.54) is 0 Å². The van der Waals surface area contributed by atoms with Crippen LogP contribution in [-0.4, -0.2) is 38.9 Å². The molecule has 1 saturated carbocycles. The lowest BCUT2D eigenvalue weighted by molar-refractivity contribution is -0.118. The van der Waals surface area contributed by atoms with Crippen molar-refractivity contribution in [3.8, 4) is 0 Å². The summed E-state index contributed by atoms with van der Waals surface area (Å²) in [6, 6.07) is 5.83. The van der Waals surface area contributed by atoms with Crippen molar-refractivity contribution in [2.75, 3.05) is 6.54 Å². The summed E-state index contributed by atoms with van der Waals surface area (Å²) in [6.45, 7) is 7.84. The molecular formula is C20H26N4O2. The van der Waals surface area contributed by atoms with Crippen molar-refractivity contribution in [1.82, 2.24) is 14.5 Å². The van der Waals surface area contributed by atoms with Crippen LogP contribution in [0.5, 0.6) is 0 Å². The predicted octanol–water partition coefficient (Wildman–Crippen LogP) is 2.56. The van der Waals surface area contributed by atoms with E-state index in [2.05, 4.69) is 30.7 Å². The van der Waals surface area contributed by atoms with Crippen LogP contribution >= 0.6 is 0 Å². The average molecular weight is 354 g/mol. The molecule has 26 heavy (non-hydrogen) atoms. The molecule has 1 aromatic heterocycles. The van der Waals surface area contributed by atoms with E-state index in [9.17, 15) is 9.59 Å². The van der Waals surface area contributed by atoms with Gasteiger partial charge >= 0.3 is 0 Å². The molecule has 6 nitrogen and oxygen atoms in total. The lowest BCUT2D eigenvalue weighted by Gasteiger charge is -2.39. The molecule has 0 radical (unpaired) electrons. The number of nitrogens with two attached hydrogens (primary N) is 1. The van der Waals surface area contributed by atoms with Gasteiger partial charge in [-0.15, -0.1) is 0 Å². The summed E-state index contributed by atoms with van der Waals surface area (Å²) in [5.74, 6) is -0.326. The predicted molar refractivity (Wildman–Crippen MR) is 99.5 cm³/mol. The molecule has 0 spiro atoms. The molecular weight excluding hydrogens is 328 g/mol. The molecule has 2 heterocycles. The highest BCUT2D eigenvalue weighted by atomic mass is 16.2. The second kappa shape index (κ2) is 5.56. The van der Waals surface area contributed by atoms with Gasteiger partial charge in [-0.05, 0) is 48.3 Å². The molecule has 4 rings (SSSR count). The Morgan fingerprint density at radius 2 is 2.04 bits per heavy atom. The lowest BCUT2D eigenvalue weighted by atomic mass is 9.65. The van der Waals surface area contributed by atoms with E-state index in [0.717, 1.165) is 31.3 Å². The highest BCUT2D eigenvalue weighted by molar-refractivity contribution is 5.98. The maximum atomic E-state index is 13.2. The summed E-state index contributed by atoms with van der Waals surface area (Å²) in [7, 11) is 0. The van der Waals surface area contributed by atoms with Crippen molar-refractivity contribution in [3.63, 3.8) is 0 Å². The first-order chi connectivity index (χ1) is 12.2. The molecule has 2 unspecified atom stereocenters. The molecule has 1 aromatic carbocycles. The molecule has 2 aromatic rings. The van der Waals surface area contributed by atoms with Crippen LogP contribution in [0.4, 0.5) is 0 Å². The molecule has 6 heteroatoms. The summed E-state index contributed by atoms with van der Waals surface area (Å²) >= 11 is 0. The van der Waals surface area contributed by atoms with Gasteiger partial charge in [-0.1, -0.05) is 20.8 Å². The molecule has 1 aliphatic heterocycles. The maximum Gasteiger partial charge on any atom is 0.254 e. The van der Waals surface area contributed by atoms with Crippen LogP contribution in [0.2, 0.25) is 0 Å². The lowest BCUT2D eigenvalue weighted by Crippen LogP contribution is -2.37. The Balaban J connectivity index is 1.62. The number of nitrogens with zero attached hydrogens (tertiary/aromatic N) is 3. The van der Waals surface area contributed by atoms with E-state index in [0.29, 0.717) is 17.1 Å². The highest BCUT2D eigenvalue weighted by Crippen LogP contribution is 2.52. The van der Waals surface area contributed by atoms with E-state index in [-0.39, 0.29) is 23.3 Å². The van der Waals surface area contributed by atoms with Gasteiger partial charge in [-0.2, -0.15) is 0 Å². The Morgan fingerprint density at radius 1 is 1.27 bits per heavy atom. The van der Waals surface area contributed by atoms with Gasteiger partial charge in [0, 0.05) is 18.2 Å². The summed E-state index contributed by atoms with van der Waals surface area (Å²) in [5, 5.41) is 0. The van der Waals surface area contributed by atoms with Crippen molar-refractivity contribution >= 4 is 22.8 Å². The molecule has 2 fully saturated rings. The minimum absolute atomic E-state index is 0.0859. The number of benzene rings is 1. The minimum Gasteiger partial charge on any atom is -0.368 e. The number of likely N-dealkylation sites (tertiary alicyclic amines) is 1. The minimum atomic E-state index is -0.412. The average Bonchev–Trinajstić information content (AvgIpc) is 3.02. The Labute approximate surface area is 153 Å². The van der Waals surface area contributed by atoms with Gasteiger partial charge in [-0.25, -0.2) is 4.98 Å². The Hall–Kier alpha value is -2.37. The second-order valence-electron chi connectivity index (χ2n) is 9.19. The van der Waals surface area contributed by atoms with Crippen LogP contribution in [0.1, 0.15) is 50.4 Å². The quantitative estimate of drug-likeness (QED) is 0.920. The van der Waals surface area contributed by atoms with Crippen LogP contribution < -0.4 is 5.73 Å². The van der Waals surface area contributed by atoms with Crippen molar-refractivity contribution in [1.29, 1.82) is 0 Å². The molecule has 1 saturated heterocycles. The first-order valence-corrected chi connectivity index (χ1v) is 9.20. The van der Waals surface area contributed by atoms with Crippen molar-refractivity contribution in [2.24, 2.45) is 16.6 Å². The third-order valence-corrected chi connectivity index (χ3v) is 5.87. The zero-order chi connectivity index (χ0) is 18.7. The number of primary amides is 1. The third-order valence-electron chi connectivity index (χ3n) is 5.87. The van der Waals surface area contributed by atoms with E-state index >= 15 is 0 Å². The van der Waals surface area contributed by atoms with Gasteiger partial charge in [-0.3, -0.25) is 9.59 Å². The number of fused-ring (bicyclic) bond motifs is 3. The monoisotopic (exact) mass is 354 g/mol. The van der Waals surface area contributed by atoms with E-state index in [1.807, 2.05) is 18.2 Å². The van der Waals surface area contributed by atoms with Gasteiger partial charge in [0.05, 0.1) is 17.4 Å². The molecule has 1 aliphatic carbocycles. The molecule has 2 bridgehead atoms. The number of rotatable bonds is 3. The third kappa shape index (κ3) is 2.87. The maximum absolute atomic E-state index is 13.2. The zero-order valence-electron chi connectivity index (χ0n) is 15.7. The molecule has 138 valence electrons. The first kappa shape index (κ1) is 17.1. The van der Waals surface area contributed by atoms with Crippen LogP contribution in [0.25, 0.3) is 11.0 Å². The zero-order valence-corrected chi connectivity index (χ0v) is 15.7. The van der Waals surface area contributed by atoms with Crippen molar-refractivity contribution in [2.45, 2.75) is 52.6 Å². The number of aromatic nitrogens is 2. The summed E-state index contributed by atoms with van der Waals surface area (Å²) in [4.78, 5) is 30.7. The smallest absolute Gasteiger partial charge is 0.254 e. The highest BCUT2D eigenvalue weighted by Gasteiger charge is 2.51. The molecule has 2 aliphatic rings. The summed E-state index contributed by atoms with van der Waals surface area (Å²) < 4.78 is 1.71. The van der Waals surface area contributed by atoms with Gasteiger partial charge in [0.2, 0.25) is 5.91 Å². The van der Waals surface area contributed by atoms with E-state index < -0.39 is 5.91 Å². The number of hydrogen-bond acceptors (Lipinski definition) is 3. The number of amides is 2. The van der Waals surface area contributed by atoms with Crippen LogP contribution in [-0.2, 0) is 11.3 Å². The van der Waals surface area contributed by atoms with E-state index in [1.54, 1.807) is 10.9 Å². The topological polar surface area (TPSA) is 81.2 Å². The fourth-order valence-electron chi connectivity index (χ4n) is 5.35. The Kier molecular flexibility index (Phi) is 3.65. The van der Waals surface area contributed by atoms with Gasteiger partial charge in [0.25, 0.3) is 5.91 Å². The normalized spacial score (nSPS) is 27.0. The summed E-state index contributed by atoms with van der Waals surface area (Å²) in [5.41, 5.74) is 7.96. The molecule has 2 amide bonds. The fraction of sp³-hybridized carbons (Fsp3) is 0.550. The standard InChI is InChI=1S/C20H26N4O2/c1-19(2)7-14-8-20(3,10-19)11-24(14)18(26)13-4-5-16-15(6-13)22-12-23(16)9-17(21)25/h4-6,12,14H,7-11H2,1-3H3,(H2,21,25). The SMILES string of the molecule is CC1(C)CC2CC(C)(CN2C(=O)c2ccc3c(c2)ncn3CC(N)=O)C1. The van der Waals surface area contributed by atoms with Crippen LogP contribution in [0.15, 0.2) is 24.5 Å². The number of hydrogen-bond donors (Lipinski definition) is 1. The summed E-state index contributed by atoms with van der Waals surface area (Å²) in [6.07, 6.45) is 4.91. The van der Waals surface area contributed by atoms with Gasteiger partial charge < -0.3 is 15.2 Å². The second-order valence-corrected chi connectivity index (χ2v) is 9.19. The Bertz CT molecular complexity index is 900.